The van der Waals surface area contributed by atoms with Crippen LogP contribution in [0, 0.1) is 6.92 Å². The van der Waals surface area contributed by atoms with E-state index in [1.54, 1.807) is 25.1 Å². The smallest absolute Gasteiger partial charge is 0.338 e. The van der Waals surface area contributed by atoms with Crippen LogP contribution < -0.4 is 0 Å². The number of rotatable bonds is 6. The van der Waals surface area contributed by atoms with E-state index in [0.717, 1.165) is 24.8 Å². The molecule has 1 saturated heterocycles. The number of carbonyl (C=O) groups is 2. The predicted molar refractivity (Wildman–Crippen MR) is 105 cm³/mol. The zero-order valence-electron chi connectivity index (χ0n) is 15.8. The molecule has 0 amide bonds. The number of sulfonamides is 1. The van der Waals surface area contributed by atoms with Gasteiger partial charge in [-0.15, -0.1) is 0 Å². The lowest BCUT2D eigenvalue weighted by Gasteiger charge is -2.25. The number of benzene rings is 2. The number of aryl methyl sites for hydroxylation is 1. The van der Waals surface area contributed by atoms with E-state index in [1.165, 1.54) is 28.6 Å². The van der Waals surface area contributed by atoms with Crippen LogP contribution in [0.3, 0.4) is 0 Å². The Labute approximate surface area is 165 Å². The lowest BCUT2D eigenvalue weighted by Crippen LogP contribution is -2.35. The first-order valence-electron chi connectivity index (χ1n) is 9.26. The highest BCUT2D eigenvalue weighted by Gasteiger charge is 2.26. The maximum Gasteiger partial charge on any atom is 0.338 e. The van der Waals surface area contributed by atoms with E-state index in [9.17, 15) is 18.0 Å². The van der Waals surface area contributed by atoms with Crippen LogP contribution in [-0.4, -0.2) is 44.2 Å². The van der Waals surface area contributed by atoms with Gasteiger partial charge < -0.3 is 4.74 Å². The first kappa shape index (κ1) is 20.2. The summed E-state index contributed by atoms with van der Waals surface area (Å²) >= 11 is 0. The molecule has 2 aromatic carbocycles. The number of esters is 1. The number of piperidine rings is 1. The Morgan fingerprint density at radius 2 is 1.61 bits per heavy atom. The van der Waals surface area contributed by atoms with Crippen LogP contribution >= 0.6 is 0 Å². The van der Waals surface area contributed by atoms with Crippen LogP contribution in [-0.2, 0) is 14.8 Å². The molecule has 0 unspecified atom stereocenters. The van der Waals surface area contributed by atoms with E-state index in [4.69, 9.17) is 4.74 Å². The van der Waals surface area contributed by atoms with Crippen molar-refractivity contribution >= 4 is 21.8 Å². The van der Waals surface area contributed by atoms with Crippen LogP contribution in [0.2, 0.25) is 0 Å². The second-order valence-corrected chi connectivity index (χ2v) is 8.74. The SMILES string of the molecule is Cc1ccccc1C(=O)OCC(=O)c1ccc(S(=O)(=O)N2CCCCC2)cc1. The fourth-order valence-corrected chi connectivity index (χ4v) is 4.68. The minimum atomic E-state index is -3.53. The van der Waals surface area contributed by atoms with Gasteiger partial charge in [0.1, 0.15) is 0 Å². The zero-order valence-corrected chi connectivity index (χ0v) is 16.6. The van der Waals surface area contributed by atoms with Gasteiger partial charge in [-0.3, -0.25) is 4.79 Å². The zero-order chi connectivity index (χ0) is 20.1. The van der Waals surface area contributed by atoms with Crippen molar-refractivity contribution in [2.75, 3.05) is 19.7 Å². The normalized spacial score (nSPS) is 15.2. The van der Waals surface area contributed by atoms with Crippen molar-refractivity contribution in [1.29, 1.82) is 0 Å². The van der Waals surface area contributed by atoms with Crippen molar-refractivity contribution < 1.29 is 22.7 Å². The summed E-state index contributed by atoms with van der Waals surface area (Å²) in [5, 5.41) is 0. The molecule has 0 aromatic heterocycles. The predicted octanol–water partition coefficient (Wildman–Crippen LogP) is 3.21. The van der Waals surface area contributed by atoms with Gasteiger partial charge in [0.2, 0.25) is 10.0 Å². The van der Waals surface area contributed by atoms with Gasteiger partial charge in [-0.05, 0) is 55.7 Å². The van der Waals surface area contributed by atoms with Gasteiger partial charge >= 0.3 is 5.97 Å². The van der Waals surface area contributed by atoms with Gasteiger partial charge in [0, 0.05) is 18.7 Å². The molecule has 1 heterocycles. The van der Waals surface area contributed by atoms with Gasteiger partial charge in [0.15, 0.2) is 12.4 Å². The van der Waals surface area contributed by atoms with Crippen LogP contribution in [0.25, 0.3) is 0 Å². The van der Waals surface area contributed by atoms with E-state index < -0.39 is 22.6 Å². The molecule has 1 aliphatic rings. The average molecular weight is 401 g/mol. The van der Waals surface area contributed by atoms with Crippen molar-refractivity contribution in [3.63, 3.8) is 0 Å². The number of ether oxygens (including phenoxy) is 1. The third kappa shape index (κ3) is 4.48. The molecule has 3 rings (SSSR count). The summed E-state index contributed by atoms with van der Waals surface area (Å²) in [6.45, 7) is 2.45. The highest BCUT2D eigenvalue weighted by Crippen LogP contribution is 2.21. The Bertz CT molecular complexity index is 961. The second kappa shape index (κ2) is 8.67. The molecule has 1 fully saturated rings. The molecule has 28 heavy (non-hydrogen) atoms. The molecule has 0 spiro atoms. The third-order valence-electron chi connectivity index (χ3n) is 4.83. The van der Waals surface area contributed by atoms with Gasteiger partial charge in [0.05, 0.1) is 10.5 Å². The summed E-state index contributed by atoms with van der Waals surface area (Å²) in [6.07, 6.45) is 2.77. The molecular weight excluding hydrogens is 378 g/mol. The van der Waals surface area contributed by atoms with E-state index in [2.05, 4.69) is 0 Å². The molecule has 1 aliphatic heterocycles. The quantitative estimate of drug-likeness (QED) is 0.548. The summed E-state index contributed by atoms with van der Waals surface area (Å²) in [5.74, 6) is -0.945. The molecule has 0 bridgehead atoms. The van der Waals surface area contributed by atoms with Crippen molar-refractivity contribution in [1.82, 2.24) is 4.31 Å². The van der Waals surface area contributed by atoms with E-state index in [1.807, 2.05) is 6.07 Å². The minimum Gasteiger partial charge on any atom is -0.454 e. The standard InChI is InChI=1S/C21H23NO5S/c1-16-7-3-4-8-19(16)21(24)27-15-20(23)17-9-11-18(12-10-17)28(25,26)22-13-5-2-6-14-22/h3-4,7-12H,2,5-6,13-15H2,1H3. The molecule has 0 radical (unpaired) electrons. The van der Waals surface area contributed by atoms with Crippen LogP contribution in [0.4, 0.5) is 0 Å². The molecule has 7 heteroatoms. The summed E-state index contributed by atoms with van der Waals surface area (Å²) in [5.41, 5.74) is 1.49. The monoisotopic (exact) mass is 401 g/mol. The fourth-order valence-electron chi connectivity index (χ4n) is 3.16. The lowest BCUT2D eigenvalue weighted by molar-refractivity contribution is 0.0474. The van der Waals surface area contributed by atoms with Crippen LogP contribution in [0.1, 0.15) is 45.5 Å². The second-order valence-electron chi connectivity index (χ2n) is 6.80. The number of Topliss-reactive ketones (excluding diaryl/α,β-unsaturated/α-hetero) is 1. The van der Waals surface area contributed by atoms with Crippen LogP contribution in [0.15, 0.2) is 53.4 Å². The first-order chi connectivity index (χ1) is 13.4. The summed E-state index contributed by atoms with van der Waals surface area (Å²) < 4.78 is 31.9. The minimum absolute atomic E-state index is 0.169. The van der Waals surface area contributed by atoms with Gasteiger partial charge in [-0.25, -0.2) is 13.2 Å². The Balaban J connectivity index is 1.64. The number of hydrogen-bond donors (Lipinski definition) is 0. The number of carbonyl (C=O) groups excluding carboxylic acids is 2. The van der Waals surface area contributed by atoms with Gasteiger partial charge in [-0.2, -0.15) is 4.31 Å². The molecule has 6 nitrogen and oxygen atoms in total. The maximum atomic E-state index is 12.6. The summed E-state index contributed by atoms with van der Waals surface area (Å²) in [7, 11) is -3.53. The summed E-state index contributed by atoms with van der Waals surface area (Å²) in [6, 6.07) is 12.8. The maximum absolute atomic E-state index is 12.6. The first-order valence-corrected chi connectivity index (χ1v) is 10.7. The molecule has 0 saturated carbocycles. The fraction of sp³-hybridized carbons (Fsp3) is 0.333. The Morgan fingerprint density at radius 1 is 0.964 bits per heavy atom. The van der Waals surface area contributed by atoms with E-state index >= 15 is 0 Å². The third-order valence-corrected chi connectivity index (χ3v) is 6.74. The highest BCUT2D eigenvalue weighted by molar-refractivity contribution is 7.89. The Kier molecular flexibility index (Phi) is 6.26. The molecule has 148 valence electrons. The van der Waals surface area contributed by atoms with E-state index in [0.29, 0.717) is 24.2 Å². The van der Waals surface area contributed by atoms with Gasteiger partial charge in [-0.1, -0.05) is 24.6 Å². The molecule has 0 aliphatic carbocycles. The highest BCUT2D eigenvalue weighted by atomic mass is 32.2. The molecular formula is C21H23NO5S. The lowest BCUT2D eigenvalue weighted by atomic mass is 10.1. The largest absolute Gasteiger partial charge is 0.454 e. The Hall–Kier alpha value is -2.51. The molecule has 0 atom stereocenters. The average Bonchev–Trinajstić information content (AvgIpc) is 2.73. The topological polar surface area (TPSA) is 80.8 Å². The van der Waals surface area contributed by atoms with Gasteiger partial charge in [0.25, 0.3) is 0 Å². The number of hydrogen-bond acceptors (Lipinski definition) is 5. The molecule has 0 N–H and O–H groups in total. The number of nitrogens with zero attached hydrogens (tertiary/aromatic N) is 1. The number of ketones is 1. The Morgan fingerprint density at radius 3 is 2.25 bits per heavy atom. The van der Waals surface area contributed by atoms with Crippen molar-refractivity contribution in [2.24, 2.45) is 0 Å². The van der Waals surface area contributed by atoms with Crippen molar-refractivity contribution in [2.45, 2.75) is 31.1 Å². The van der Waals surface area contributed by atoms with E-state index in [-0.39, 0.29) is 10.7 Å². The summed E-state index contributed by atoms with van der Waals surface area (Å²) in [4.78, 5) is 24.6. The molecule has 2 aromatic rings. The van der Waals surface area contributed by atoms with Crippen molar-refractivity contribution in [3.8, 4) is 0 Å². The van der Waals surface area contributed by atoms with Crippen molar-refractivity contribution in [3.05, 3.63) is 65.2 Å². The van der Waals surface area contributed by atoms with Crippen LogP contribution in [0.5, 0.6) is 0 Å².